The number of hydrogen-bond acceptors (Lipinski definition) is 4. The summed E-state index contributed by atoms with van der Waals surface area (Å²) in [5.41, 5.74) is 3.05. The summed E-state index contributed by atoms with van der Waals surface area (Å²) in [5, 5.41) is 9.25. The zero-order valence-electron chi connectivity index (χ0n) is 19.6. The van der Waals surface area contributed by atoms with Crippen LogP contribution in [0.3, 0.4) is 0 Å². The highest BCUT2D eigenvalue weighted by Crippen LogP contribution is 2.41. The van der Waals surface area contributed by atoms with Crippen LogP contribution < -0.4 is 10.5 Å². The highest BCUT2D eigenvalue weighted by Gasteiger charge is 2.23. The number of thiophene rings is 1. The van der Waals surface area contributed by atoms with E-state index < -0.39 is 10.0 Å². The van der Waals surface area contributed by atoms with E-state index in [0.717, 1.165) is 34.8 Å². The predicted octanol–water partition coefficient (Wildman–Crippen LogP) is 6.71. The molecule has 0 saturated heterocycles. The van der Waals surface area contributed by atoms with Crippen LogP contribution >= 0.6 is 11.3 Å². The quantitative estimate of drug-likeness (QED) is 0.338. The van der Waals surface area contributed by atoms with Gasteiger partial charge in [-0.2, -0.15) is 0 Å². The smallest absolute Gasteiger partial charge is 0.248 e. The lowest BCUT2D eigenvalue weighted by atomic mass is 9.93. The predicted molar refractivity (Wildman–Crippen MR) is 139 cm³/mol. The fraction of sp³-hybridized carbons (Fsp3) is 0.407. The Morgan fingerprint density at radius 1 is 1.03 bits per heavy atom. The van der Waals surface area contributed by atoms with Gasteiger partial charge in [0.1, 0.15) is 10.0 Å². The van der Waals surface area contributed by atoms with Crippen LogP contribution in [0.2, 0.25) is 0 Å². The average molecular weight is 501 g/mol. The summed E-state index contributed by atoms with van der Waals surface area (Å²) in [7, 11) is -3.95. The van der Waals surface area contributed by atoms with Gasteiger partial charge in [-0.1, -0.05) is 74.9 Å². The maximum atomic E-state index is 13.8. The lowest BCUT2D eigenvalue weighted by Gasteiger charge is -2.21. The molecule has 3 aromatic rings. The maximum absolute atomic E-state index is 13.8. The lowest BCUT2D eigenvalue weighted by molar-refractivity contribution is 0.363. The lowest BCUT2D eigenvalue weighted by Crippen LogP contribution is -2.28. The van der Waals surface area contributed by atoms with Gasteiger partial charge < -0.3 is 5.32 Å². The largest absolute Gasteiger partial charge is 0.310 e. The van der Waals surface area contributed by atoms with E-state index in [1.165, 1.54) is 50.7 Å². The average Bonchev–Trinajstić information content (AvgIpc) is 3.11. The molecule has 2 aromatic carbocycles. The summed E-state index contributed by atoms with van der Waals surface area (Å²) in [6, 6.07) is 16.2. The molecule has 0 spiro atoms. The molecule has 4 nitrogen and oxygen atoms in total. The summed E-state index contributed by atoms with van der Waals surface area (Å²) in [5.74, 6) is 0.414. The van der Waals surface area contributed by atoms with Crippen LogP contribution in [-0.4, -0.2) is 14.5 Å². The van der Waals surface area contributed by atoms with Crippen molar-refractivity contribution >= 4 is 21.4 Å². The van der Waals surface area contributed by atoms with Gasteiger partial charge in [0.2, 0.25) is 10.0 Å². The van der Waals surface area contributed by atoms with Gasteiger partial charge in [0.15, 0.2) is 0 Å². The first-order chi connectivity index (χ1) is 16.3. The molecule has 34 heavy (non-hydrogen) atoms. The van der Waals surface area contributed by atoms with Gasteiger partial charge in [0.25, 0.3) is 0 Å². The van der Waals surface area contributed by atoms with Gasteiger partial charge in [-0.25, -0.2) is 17.9 Å². The molecule has 1 heterocycles. The Labute approximate surface area is 206 Å². The molecule has 0 radical (unpaired) electrons. The summed E-state index contributed by atoms with van der Waals surface area (Å²) in [6.07, 6.45) is 9.18. The molecule has 1 aliphatic rings. The van der Waals surface area contributed by atoms with Crippen molar-refractivity contribution < 1.29 is 12.8 Å². The van der Waals surface area contributed by atoms with E-state index in [9.17, 15) is 12.8 Å². The van der Waals surface area contributed by atoms with Crippen molar-refractivity contribution in [1.82, 2.24) is 5.32 Å². The fourth-order valence-corrected chi connectivity index (χ4v) is 7.07. The molecular weight excluding hydrogens is 467 g/mol. The van der Waals surface area contributed by atoms with E-state index in [1.54, 1.807) is 12.1 Å². The zero-order valence-corrected chi connectivity index (χ0v) is 21.2. The topological polar surface area (TPSA) is 72.2 Å². The number of rotatable bonds is 8. The van der Waals surface area contributed by atoms with E-state index in [4.69, 9.17) is 5.14 Å². The molecule has 1 saturated carbocycles. The number of nitrogens with two attached hydrogens (primary N) is 1. The van der Waals surface area contributed by atoms with Crippen molar-refractivity contribution in [3.63, 3.8) is 0 Å². The van der Waals surface area contributed by atoms with Crippen molar-refractivity contribution in [2.45, 2.75) is 68.7 Å². The van der Waals surface area contributed by atoms with Crippen LogP contribution in [0.25, 0.3) is 21.6 Å². The van der Waals surface area contributed by atoms with E-state index in [-0.39, 0.29) is 10.0 Å². The Balaban J connectivity index is 1.59. The van der Waals surface area contributed by atoms with E-state index in [2.05, 4.69) is 12.2 Å². The number of halogens is 1. The minimum atomic E-state index is -3.95. The fourth-order valence-electron chi connectivity index (χ4n) is 4.96. The van der Waals surface area contributed by atoms with Gasteiger partial charge in [-0.05, 0) is 54.2 Å². The van der Waals surface area contributed by atoms with Crippen LogP contribution in [0.1, 0.15) is 57.4 Å². The molecule has 1 aromatic heterocycles. The summed E-state index contributed by atoms with van der Waals surface area (Å²) in [4.78, 5) is 0.669. The number of sulfonamides is 1. The van der Waals surface area contributed by atoms with Gasteiger partial charge in [-0.15, -0.1) is 11.3 Å². The zero-order chi connectivity index (χ0) is 24.1. The molecule has 1 atom stereocenters. The third kappa shape index (κ3) is 6.33. The number of hydrogen-bond donors (Lipinski definition) is 2. The number of benzene rings is 2. The second-order valence-electron chi connectivity index (χ2n) is 9.40. The van der Waals surface area contributed by atoms with E-state index in [1.807, 2.05) is 30.3 Å². The van der Waals surface area contributed by atoms with Crippen LogP contribution in [0.5, 0.6) is 0 Å². The molecule has 0 amide bonds. The van der Waals surface area contributed by atoms with Gasteiger partial charge in [0, 0.05) is 23.0 Å². The van der Waals surface area contributed by atoms with Gasteiger partial charge in [0.05, 0.1) is 0 Å². The molecule has 4 rings (SSSR count). The number of nitrogens with one attached hydrogen (secondary N) is 1. The minimum absolute atomic E-state index is 0.103. The third-order valence-electron chi connectivity index (χ3n) is 6.68. The first kappa shape index (κ1) is 25.0. The van der Waals surface area contributed by atoms with Crippen molar-refractivity contribution in [2.24, 2.45) is 11.1 Å². The Morgan fingerprint density at radius 2 is 1.76 bits per heavy atom. The Kier molecular flexibility index (Phi) is 8.19. The van der Waals surface area contributed by atoms with Crippen molar-refractivity contribution in [1.29, 1.82) is 0 Å². The summed E-state index contributed by atoms with van der Waals surface area (Å²) >= 11 is 1.08. The SMILES string of the molecule is C[C@@H](CC1CCCCCC1)NCc1ccccc1-c1cc(-c2cccc(F)c2)sc1S(N)(=O)=O. The highest BCUT2D eigenvalue weighted by atomic mass is 32.2. The normalized spacial score (nSPS) is 16.3. The van der Waals surface area contributed by atoms with Crippen molar-refractivity contribution in [2.75, 3.05) is 0 Å². The molecule has 1 aliphatic carbocycles. The number of primary sulfonamides is 1. The molecular formula is C27H33FN2O2S2. The minimum Gasteiger partial charge on any atom is -0.310 e. The standard InChI is InChI=1S/C27H33FN2O2S2/c1-19(15-20-9-4-2-3-5-10-20)30-18-22-11-6-7-14-24(22)25-17-26(33-27(25)34(29,31)32)21-12-8-13-23(28)16-21/h6-8,11-14,16-17,19-20,30H,2-5,9-10,15,18H2,1H3,(H2,29,31,32)/t19-/m0/s1. The molecule has 7 heteroatoms. The molecule has 182 valence electrons. The van der Waals surface area contributed by atoms with Crippen LogP contribution in [-0.2, 0) is 16.6 Å². The first-order valence-corrected chi connectivity index (χ1v) is 14.4. The highest BCUT2D eigenvalue weighted by molar-refractivity contribution is 7.91. The van der Waals surface area contributed by atoms with Crippen LogP contribution in [0.4, 0.5) is 4.39 Å². The van der Waals surface area contributed by atoms with Crippen LogP contribution in [0, 0.1) is 11.7 Å². The second-order valence-corrected chi connectivity index (χ2v) is 12.2. The molecule has 0 unspecified atom stereocenters. The van der Waals surface area contributed by atoms with Gasteiger partial charge in [-0.3, -0.25) is 0 Å². The maximum Gasteiger partial charge on any atom is 0.248 e. The molecule has 0 bridgehead atoms. The van der Waals surface area contributed by atoms with Crippen LogP contribution in [0.15, 0.2) is 58.8 Å². The second kappa shape index (κ2) is 11.1. The molecule has 0 aliphatic heterocycles. The summed E-state index contributed by atoms with van der Waals surface area (Å²) < 4.78 is 38.8. The summed E-state index contributed by atoms with van der Waals surface area (Å²) in [6.45, 7) is 2.87. The first-order valence-electron chi connectivity index (χ1n) is 12.1. The molecule has 3 N–H and O–H groups in total. The Bertz CT molecular complexity index is 1210. The van der Waals surface area contributed by atoms with Crippen molar-refractivity contribution in [3.8, 4) is 21.6 Å². The third-order valence-corrected chi connectivity index (χ3v) is 9.34. The Morgan fingerprint density at radius 3 is 2.47 bits per heavy atom. The van der Waals surface area contributed by atoms with Gasteiger partial charge >= 0.3 is 0 Å². The van der Waals surface area contributed by atoms with Crippen molar-refractivity contribution in [3.05, 3.63) is 66.0 Å². The van der Waals surface area contributed by atoms with E-state index in [0.29, 0.717) is 28.6 Å². The Hall–Kier alpha value is -2.06. The monoisotopic (exact) mass is 500 g/mol. The van der Waals surface area contributed by atoms with E-state index >= 15 is 0 Å². The molecule has 1 fully saturated rings.